The van der Waals surface area contributed by atoms with E-state index in [9.17, 15) is 13.2 Å². The van der Waals surface area contributed by atoms with Crippen molar-refractivity contribution in [3.8, 4) is 0 Å². The van der Waals surface area contributed by atoms with Crippen LogP contribution in [0.15, 0.2) is 17.0 Å². The van der Waals surface area contributed by atoms with Gasteiger partial charge >= 0.3 is 0 Å². The molecule has 3 N–H and O–H groups in total. The zero-order valence-electron chi connectivity index (χ0n) is 11.8. The minimum absolute atomic E-state index is 0.0299. The molecule has 0 unspecified atom stereocenters. The fourth-order valence-electron chi connectivity index (χ4n) is 2.54. The van der Waals surface area contributed by atoms with Gasteiger partial charge < -0.3 is 5.32 Å². The molecule has 1 aromatic carbocycles. The molecule has 1 saturated carbocycles. The van der Waals surface area contributed by atoms with Gasteiger partial charge in [-0.05, 0) is 49.9 Å². The van der Waals surface area contributed by atoms with Gasteiger partial charge in [-0.3, -0.25) is 4.79 Å². The highest BCUT2D eigenvalue weighted by molar-refractivity contribution is 7.89. The number of aryl methyl sites for hydroxylation is 1. The summed E-state index contributed by atoms with van der Waals surface area (Å²) in [7, 11) is -3.77. The smallest absolute Gasteiger partial charge is 0.238 e. The fourth-order valence-corrected chi connectivity index (χ4v) is 3.17. The molecule has 1 amide bonds. The van der Waals surface area contributed by atoms with Gasteiger partial charge in [-0.1, -0.05) is 12.8 Å². The molecule has 0 radical (unpaired) electrons. The van der Waals surface area contributed by atoms with E-state index in [-0.39, 0.29) is 16.7 Å². The van der Waals surface area contributed by atoms with Crippen LogP contribution in [0.2, 0.25) is 0 Å². The van der Waals surface area contributed by atoms with Gasteiger partial charge in [0.05, 0.1) is 4.90 Å². The summed E-state index contributed by atoms with van der Waals surface area (Å²) in [5, 5.41) is 8.00. The van der Waals surface area contributed by atoms with Crippen LogP contribution in [0, 0.1) is 19.8 Å². The first kappa shape index (κ1) is 15.0. The zero-order valence-corrected chi connectivity index (χ0v) is 12.6. The van der Waals surface area contributed by atoms with E-state index in [0.29, 0.717) is 5.69 Å². The summed E-state index contributed by atoms with van der Waals surface area (Å²) in [5.74, 6) is 0.00409. The Bertz CT molecular complexity index is 632. The third-order valence-corrected chi connectivity index (χ3v) is 4.85. The number of benzene rings is 1. The maximum Gasteiger partial charge on any atom is 0.238 e. The van der Waals surface area contributed by atoms with Crippen molar-refractivity contribution in [2.45, 2.75) is 44.4 Å². The van der Waals surface area contributed by atoms with E-state index in [1.807, 2.05) is 6.92 Å². The number of hydrogen-bond acceptors (Lipinski definition) is 3. The van der Waals surface area contributed by atoms with Gasteiger partial charge in [0.15, 0.2) is 0 Å². The number of carbonyl (C=O) groups is 1. The van der Waals surface area contributed by atoms with Gasteiger partial charge in [0, 0.05) is 11.6 Å². The van der Waals surface area contributed by atoms with Crippen LogP contribution in [-0.2, 0) is 14.8 Å². The van der Waals surface area contributed by atoms with Gasteiger partial charge in [-0.25, -0.2) is 13.6 Å². The number of nitrogens with two attached hydrogens (primary N) is 1. The molecule has 0 spiro atoms. The maximum absolute atomic E-state index is 12.1. The number of anilines is 1. The second-order valence-electron chi connectivity index (χ2n) is 5.43. The Hall–Kier alpha value is -1.40. The molecule has 0 atom stereocenters. The summed E-state index contributed by atoms with van der Waals surface area (Å²) in [4.78, 5) is 12.2. The monoisotopic (exact) mass is 296 g/mol. The lowest BCUT2D eigenvalue weighted by molar-refractivity contribution is -0.119. The molecule has 0 heterocycles. The normalized spacial score (nSPS) is 16.4. The molecule has 1 aromatic rings. The van der Waals surface area contributed by atoms with E-state index in [0.717, 1.165) is 36.8 Å². The Kier molecular flexibility index (Phi) is 4.15. The standard InChI is InChI=1S/C14H20N2O3S/c1-9-7-12(20(15,18)19)8-13(10(9)2)16-14(17)11-5-3-4-6-11/h7-8,11H,3-6H2,1-2H3,(H,16,17)(H2,15,18,19). The largest absolute Gasteiger partial charge is 0.326 e. The minimum Gasteiger partial charge on any atom is -0.326 e. The van der Waals surface area contributed by atoms with Crippen molar-refractivity contribution in [3.63, 3.8) is 0 Å². The van der Waals surface area contributed by atoms with Crippen molar-refractivity contribution < 1.29 is 13.2 Å². The molecule has 1 fully saturated rings. The molecule has 5 nitrogen and oxygen atoms in total. The molecule has 0 saturated heterocycles. The van der Waals surface area contributed by atoms with Gasteiger partial charge in [-0.2, -0.15) is 0 Å². The van der Waals surface area contributed by atoms with Crippen molar-refractivity contribution in [1.29, 1.82) is 0 Å². The molecule has 0 bridgehead atoms. The Morgan fingerprint density at radius 3 is 2.40 bits per heavy atom. The first-order chi connectivity index (χ1) is 9.29. The average molecular weight is 296 g/mol. The lowest BCUT2D eigenvalue weighted by atomic mass is 10.1. The van der Waals surface area contributed by atoms with Crippen LogP contribution in [0.3, 0.4) is 0 Å². The molecular formula is C14H20N2O3S. The van der Waals surface area contributed by atoms with Crippen LogP contribution in [0.1, 0.15) is 36.8 Å². The zero-order chi connectivity index (χ0) is 14.9. The first-order valence-corrected chi connectivity index (χ1v) is 8.28. The number of primary sulfonamides is 1. The van der Waals surface area contributed by atoms with Crippen LogP contribution in [0.5, 0.6) is 0 Å². The Balaban J connectivity index is 2.31. The van der Waals surface area contributed by atoms with E-state index in [1.165, 1.54) is 12.1 Å². The molecule has 110 valence electrons. The third kappa shape index (κ3) is 3.19. The molecule has 0 aliphatic heterocycles. The Morgan fingerprint density at radius 2 is 1.85 bits per heavy atom. The van der Waals surface area contributed by atoms with Crippen LogP contribution in [-0.4, -0.2) is 14.3 Å². The van der Waals surface area contributed by atoms with Crippen LogP contribution < -0.4 is 10.5 Å². The molecule has 6 heteroatoms. The predicted molar refractivity (Wildman–Crippen MR) is 77.9 cm³/mol. The van der Waals surface area contributed by atoms with Crippen molar-refractivity contribution >= 4 is 21.6 Å². The van der Waals surface area contributed by atoms with Gasteiger partial charge in [0.25, 0.3) is 0 Å². The maximum atomic E-state index is 12.1. The molecule has 2 rings (SSSR count). The van der Waals surface area contributed by atoms with E-state index >= 15 is 0 Å². The number of nitrogens with one attached hydrogen (secondary N) is 1. The summed E-state index contributed by atoms with van der Waals surface area (Å²) in [6.07, 6.45) is 3.96. The number of amides is 1. The van der Waals surface area contributed by atoms with Gasteiger partial charge in [-0.15, -0.1) is 0 Å². The quantitative estimate of drug-likeness (QED) is 0.895. The second kappa shape index (κ2) is 5.54. The van der Waals surface area contributed by atoms with Crippen LogP contribution >= 0.6 is 0 Å². The third-order valence-electron chi connectivity index (χ3n) is 3.95. The molecule has 1 aliphatic rings. The number of rotatable bonds is 3. The SMILES string of the molecule is Cc1cc(S(N)(=O)=O)cc(NC(=O)C2CCCC2)c1C. The minimum atomic E-state index is -3.77. The second-order valence-corrected chi connectivity index (χ2v) is 6.99. The lowest BCUT2D eigenvalue weighted by Crippen LogP contribution is -2.21. The van der Waals surface area contributed by atoms with E-state index < -0.39 is 10.0 Å². The highest BCUT2D eigenvalue weighted by Gasteiger charge is 2.23. The van der Waals surface area contributed by atoms with Gasteiger partial charge in [0.2, 0.25) is 15.9 Å². The average Bonchev–Trinajstić information content (AvgIpc) is 2.87. The van der Waals surface area contributed by atoms with Crippen molar-refractivity contribution in [1.82, 2.24) is 0 Å². The van der Waals surface area contributed by atoms with Crippen molar-refractivity contribution in [2.24, 2.45) is 11.1 Å². The Labute approximate surface area is 119 Å². The highest BCUT2D eigenvalue weighted by atomic mass is 32.2. The highest BCUT2D eigenvalue weighted by Crippen LogP contribution is 2.28. The summed E-state index contributed by atoms with van der Waals surface area (Å²) in [6.45, 7) is 3.65. The van der Waals surface area contributed by atoms with Crippen molar-refractivity contribution in [2.75, 3.05) is 5.32 Å². The lowest BCUT2D eigenvalue weighted by Gasteiger charge is -2.15. The van der Waals surface area contributed by atoms with Crippen LogP contribution in [0.25, 0.3) is 0 Å². The van der Waals surface area contributed by atoms with E-state index in [4.69, 9.17) is 5.14 Å². The summed E-state index contributed by atoms with van der Waals surface area (Å²) >= 11 is 0. The van der Waals surface area contributed by atoms with Crippen molar-refractivity contribution in [3.05, 3.63) is 23.3 Å². The molecule has 0 aromatic heterocycles. The Morgan fingerprint density at radius 1 is 1.25 bits per heavy atom. The molecule has 20 heavy (non-hydrogen) atoms. The fraction of sp³-hybridized carbons (Fsp3) is 0.500. The topological polar surface area (TPSA) is 89.3 Å². The number of sulfonamides is 1. The first-order valence-electron chi connectivity index (χ1n) is 6.74. The van der Waals surface area contributed by atoms with Crippen LogP contribution in [0.4, 0.5) is 5.69 Å². The van der Waals surface area contributed by atoms with Gasteiger partial charge in [0.1, 0.15) is 0 Å². The molecule has 1 aliphatic carbocycles. The summed E-state index contributed by atoms with van der Waals surface area (Å²) in [5.41, 5.74) is 2.19. The predicted octanol–water partition coefficient (Wildman–Crippen LogP) is 2.08. The number of carbonyl (C=O) groups excluding carboxylic acids is 1. The number of hydrogen-bond donors (Lipinski definition) is 2. The van der Waals surface area contributed by atoms with E-state index in [1.54, 1.807) is 6.92 Å². The summed E-state index contributed by atoms with van der Waals surface area (Å²) < 4.78 is 22.9. The summed E-state index contributed by atoms with van der Waals surface area (Å²) in [6, 6.07) is 2.96. The molecular weight excluding hydrogens is 276 g/mol. The van der Waals surface area contributed by atoms with E-state index in [2.05, 4.69) is 5.32 Å².